The van der Waals surface area contributed by atoms with E-state index in [-0.39, 0.29) is 28.7 Å². The molecule has 1 aliphatic rings. The molecule has 0 spiro atoms. The predicted octanol–water partition coefficient (Wildman–Crippen LogP) is -0.373. The largest absolute Gasteiger partial charge is 0.480 e. The topological polar surface area (TPSA) is 225 Å². The minimum absolute atomic E-state index is 0.0169. The number of aliphatic imine (C=N–C) groups is 1. The first kappa shape index (κ1) is 25.6. The zero-order valence-corrected chi connectivity index (χ0v) is 19.7. The summed E-state index contributed by atoms with van der Waals surface area (Å²) in [6, 6.07) is 5.31. The standard InChI is InChI=1S/C20H25N7O7S/c1-10-18(11(2)33-25-10)35(31,32)27-16(19(29)30)9-23-17(28)8-14-7-15(26-34-14)12-3-5-13(6-4-12)24-20(21)22/h3-6,14,16,27H,7-9H2,1-2H3,(H,23,28)(H,29,30)(H4,21,22,24)/t14-,16-/m0/s1. The van der Waals surface area contributed by atoms with Gasteiger partial charge in [-0.05, 0) is 31.5 Å². The number of nitrogens with two attached hydrogens (primary N) is 2. The van der Waals surface area contributed by atoms with Crippen molar-refractivity contribution in [3.63, 3.8) is 0 Å². The van der Waals surface area contributed by atoms with Crippen LogP contribution in [0.4, 0.5) is 5.69 Å². The van der Waals surface area contributed by atoms with Gasteiger partial charge in [0.25, 0.3) is 0 Å². The van der Waals surface area contributed by atoms with Crippen LogP contribution in [0.25, 0.3) is 0 Å². The molecule has 1 aromatic heterocycles. The number of sulfonamides is 1. The van der Waals surface area contributed by atoms with E-state index in [1.807, 2.05) is 4.72 Å². The molecule has 0 aliphatic carbocycles. The Balaban J connectivity index is 1.53. The van der Waals surface area contributed by atoms with Crippen LogP contribution in [0.5, 0.6) is 0 Å². The first-order valence-corrected chi connectivity index (χ1v) is 11.8. The molecule has 2 heterocycles. The molecule has 1 aliphatic heterocycles. The number of carboxylic acid groups (broad SMARTS) is 1. The molecule has 0 radical (unpaired) electrons. The van der Waals surface area contributed by atoms with Crippen molar-refractivity contribution in [3.05, 3.63) is 41.3 Å². The van der Waals surface area contributed by atoms with Crippen LogP contribution in [0.3, 0.4) is 0 Å². The maximum atomic E-state index is 12.6. The van der Waals surface area contributed by atoms with Gasteiger partial charge in [-0.3, -0.25) is 9.59 Å². The smallest absolute Gasteiger partial charge is 0.323 e. The second-order valence-corrected chi connectivity index (χ2v) is 9.38. The highest BCUT2D eigenvalue weighted by Crippen LogP contribution is 2.21. The number of guanidine groups is 1. The first-order valence-electron chi connectivity index (χ1n) is 10.3. The van der Waals surface area contributed by atoms with E-state index in [2.05, 4.69) is 20.6 Å². The zero-order chi connectivity index (χ0) is 25.8. The lowest BCUT2D eigenvalue weighted by molar-refractivity contribution is -0.139. The average Bonchev–Trinajstić information content (AvgIpc) is 3.37. The van der Waals surface area contributed by atoms with Gasteiger partial charge in [-0.1, -0.05) is 22.4 Å². The fraction of sp³-hybridized carbons (Fsp3) is 0.350. The van der Waals surface area contributed by atoms with E-state index in [9.17, 15) is 23.1 Å². The molecule has 0 fully saturated rings. The molecule has 0 unspecified atom stereocenters. The van der Waals surface area contributed by atoms with Gasteiger partial charge in [0.15, 0.2) is 11.7 Å². The number of nitrogens with zero attached hydrogens (tertiary/aromatic N) is 3. The molecule has 2 aromatic rings. The molecular formula is C20H25N7O7S. The van der Waals surface area contributed by atoms with Crippen LogP contribution in [0.1, 0.15) is 29.9 Å². The Labute approximate surface area is 200 Å². The average molecular weight is 508 g/mol. The highest BCUT2D eigenvalue weighted by Gasteiger charge is 2.31. The Morgan fingerprint density at radius 3 is 2.51 bits per heavy atom. The van der Waals surface area contributed by atoms with Gasteiger partial charge < -0.3 is 31.3 Å². The van der Waals surface area contributed by atoms with Gasteiger partial charge >= 0.3 is 5.97 Å². The lowest BCUT2D eigenvalue weighted by Crippen LogP contribution is -2.48. The lowest BCUT2D eigenvalue weighted by Gasteiger charge is -2.16. The summed E-state index contributed by atoms with van der Waals surface area (Å²) in [7, 11) is -4.24. The van der Waals surface area contributed by atoms with Crippen LogP contribution in [0, 0.1) is 13.8 Å². The van der Waals surface area contributed by atoms with Crippen molar-refractivity contribution in [3.8, 4) is 0 Å². The highest BCUT2D eigenvalue weighted by atomic mass is 32.2. The number of aryl methyl sites for hydroxylation is 2. The number of hydrogen-bond donors (Lipinski definition) is 5. The van der Waals surface area contributed by atoms with Crippen LogP contribution in [0.2, 0.25) is 0 Å². The number of oxime groups is 1. The summed E-state index contributed by atoms with van der Waals surface area (Å²) in [5.41, 5.74) is 12.7. The number of aliphatic carboxylic acids is 1. The Morgan fingerprint density at radius 1 is 1.26 bits per heavy atom. The fourth-order valence-electron chi connectivity index (χ4n) is 3.36. The number of aromatic nitrogens is 1. The first-order chi connectivity index (χ1) is 16.5. The molecule has 2 atom stereocenters. The number of amides is 1. The Bertz CT molecular complexity index is 1250. The van der Waals surface area contributed by atoms with E-state index in [0.29, 0.717) is 17.8 Å². The number of carboxylic acids is 1. The lowest BCUT2D eigenvalue weighted by atomic mass is 10.0. The van der Waals surface area contributed by atoms with Gasteiger partial charge in [0.1, 0.15) is 22.7 Å². The normalized spacial score (nSPS) is 16.2. The van der Waals surface area contributed by atoms with Crippen LogP contribution in [-0.2, 0) is 24.4 Å². The van der Waals surface area contributed by atoms with E-state index >= 15 is 0 Å². The molecule has 188 valence electrons. The maximum absolute atomic E-state index is 12.6. The predicted molar refractivity (Wildman–Crippen MR) is 123 cm³/mol. The number of hydrogen-bond acceptors (Lipinski definition) is 9. The monoisotopic (exact) mass is 507 g/mol. The third kappa shape index (κ3) is 6.54. The van der Waals surface area contributed by atoms with Gasteiger partial charge in [-0.2, -0.15) is 4.72 Å². The number of carbonyl (C=O) groups is 2. The van der Waals surface area contributed by atoms with Crippen molar-refractivity contribution in [1.29, 1.82) is 0 Å². The summed E-state index contributed by atoms with van der Waals surface area (Å²) < 4.78 is 32.0. The van der Waals surface area contributed by atoms with E-state index in [0.717, 1.165) is 5.56 Å². The van der Waals surface area contributed by atoms with Crippen LogP contribution in [0.15, 0.2) is 43.8 Å². The molecule has 3 rings (SSSR count). The number of rotatable bonds is 10. The quantitative estimate of drug-likeness (QED) is 0.207. The molecule has 0 saturated carbocycles. The molecule has 7 N–H and O–H groups in total. The van der Waals surface area contributed by atoms with Crippen molar-refractivity contribution in [2.24, 2.45) is 21.6 Å². The molecule has 15 heteroatoms. The number of carbonyl (C=O) groups excluding carboxylic acids is 1. The third-order valence-electron chi connectivity index (χ3n) is 4.94. The van der Waals surface area contributed by atoms with E-state index in [1.54, 1.807) is 24.3 Å². The Hall–Kier alpha value is -3.98. The van der Waals surface area contributed by atoms with Gasteiger partial charge in [0, 0.05) is 13.0 Å². The molecule has 35 heavy (non-hydrogen) atoms. The summed E-state index contributed by atoms with van der Waals surface area (Å²) in [6.07, 6.45) is -0.331. The Kier molecular flexibility index (Phi) is 7.71. The fourth-order valence-corrected chi connectivity index (χ4v) is 4.88. The van der Waals surface area contributed by atoms with Gasteiger partial charge in [-0.25, -0.2) is 13.4 Å². The van der Waals surface area contributed by atoms with Crippen LogP contribution < -0.4 is 21.5 Å². The molecule has 1 aromatic carbocycles. The molecule has 1 amide bonds. The molecule has 14 nitrogen and oxygen atoms in total. The van der Waals surface area contributed by atoms with Crippen LogP contribution in [-0.4, -0.2) is 60.9 Å². The SMILES string of the molecule is Cc1noc(C)c1S(=O)(=O)N[C@@H](CNC(=O)C[C@@H]1CC(c2ccc(N=C(N)N)cc2)=NO1)C(=O)O. The second kappa shape index (κ2) is 10.5. The van der Waals surface area contributed by atoms with Gasteiger partial charge in [0.05, 0.1) is 17.8 Å². The van der Waals surface area contributed by atoms with E-state index in [1.165, 1.54) is 13.8 Å². The summed E-state index contributed by atoms with van der Waals surface area (Å²) in [5, 5.41) is 19.4. The van der Waals surface area contributed by atoms with Crippen molar-refractivity contribution in [1.82, 2.24) is 15.2 Å². The van der Waals surface area contributed by atoms with Gasteiger partial charge in [0.2, 0.25) is 15.9 Å². The van der Waals surface area contributed by atoms with E-state index < -0.39 is 40.6 Å². The van der Waals surface area contributed by atoms with Gasteiger partial charge in [-0.15, -0.1) is 0 Å². The van der Waals surface area contributed by atoms with Crippen molar-refractivity contribution in [2.75, 3.05) is 6.54 Å². The van der Waals surface area contributed by atoms with Crippen LogP contribution >= 0.6 is 0 Å². The summed E-state index contributed by atoms with van der Waals surface area (Å²) in [6.45, 7) is 2.32. The Morgan fingerprint density at radius 2 is 1.94 bits per heavy atom. The highest BCUT2D eigenvalue weighted by molar-refractivity contribution is 7.89. The maximum Gasteiger partial charge on any atom is 0.323 e. The molecule has 0 bridgehead atoms. The molecular weight excluding hydrogens is 482 g/mol. The second-order valence-electron chi connectivity index (χ2n) is 7.73. The third-order valence-corrected chi connectivity index (χ3v) is 6.66. The minimum atomic E-state index is -4.24. The molecule has 0 saturated heterocycles. The number of benzene rings is 1. The van der Waals surface area contributed by atoms with Crippen molar-refractivity contribution < 1.29 is 32.5 Å². The van der Waals surface area contributed by atoms with E-state index in [4.69, 9.17) is 20.8 Å². The van der Waals surface area contributed by atoms with Crippen molar-refractivity contribution in [2.45, 2.75) is 43.7 Å². The minimum Gasteiger partial charge on any atom is -0.480 e. The van der Waals surface area contributed by atoms with Crippen molar-refractivity contribution >= 4 is 39.3 Å². The summed E-state index contributed by atoms with van der Waals surface area (Å²) in [5.74, 6) is -2.04. The zero-order valence-electron chi connectivity index (χ0n) is 18.9. The number of nitrogens with one attached hydrogen (secondary N) is 2. The summed E-state index contributed by atoms with van der Waals surface area (Å²) >= 11 is 0. The summed E-state index contributed by atoms with van der Waals surface area (Å²) in [4.78, 5) is 32.9.